The molecular formula is C36H42Cl2FN5O8. The number of anilines is 1. The number of carbonyl (C=O) groups excluding carboxylic acids is 5. The summed E-state index contributed by atoms with van der Waals surface area (Å²) in [5.41, 5.74) is -1.84. The monoisotopic (exact) mass is 761 g/mol. The summed E-state index contributed by atoms with van der Waals surface area (Å²) in [6.45, 7) is 4.09. The lowest BCUT2D eigenvalue weighted by Crippen LogP contribution is -2.47. The lowest BCUT2D eigenvalue weighted by Gasteiger charge is -2.23. The van der Waals surface area contributed by atoms with Crippen molar-refractivity contribution in [3.05, 3.63) is 80.4 Å². The van der Waals surface area contributed by atoms with E-state index in [-0.39, 0.29) is 39.1 Å². The quantitative estimate of drug-likeness (QED) is 0.140. The summed E-state index contributed by atoms with van der Waals surface area (Å²) in [5, 5.41) is 4.94. The van der Waals surface area contributed by atoms with Gasteiger partial charge in [-0.25, -0.2) is 14.2 Å². The number of nitrogens with zero attached hydrogens (tertiary/aromatic N) is 3. The smallest absolute Gasteiger partial charge is 0.341 e. The Morgan fingerprint density at radius 1 is 0.962 bits per heavy atom. The molecule has 0 aliphatic heterocycles. The lowest BCUT2D eigenvalue weighted by atomic mass is 10.1. The minimum absolute atomic E-state index is 0.0157. The molecule has 3 rings (SSSR count). The topological polar surface area (TPSA) is 166 Å². The van der Waals surface area contributed by atoms with Crippen molar-refractivity contribution in [3.63, 3.8) is 0 Å². The molecule has 0 unspecified atom stereocenters. The average Bonchev–Trinajstić information content (AvgIpc) is 3.04. The molecule has 2 N–H and O–H groups in total. The first-order valence-corrected chi connectivity index (χ1v) is 17.2. The van der Waals surface area contributed by atoms with E-state index < -0.39 is 72.1 Å². The fourth-order valence-corrected chi connectivity index (χ4v) is 5.39. The van der Waals surface area contributed by atoms with Crippen molar-refractivity contribution in [2.75, 3.05) is 32.6 Å². The number of unbranched alkanes of at least 4 members (excludes halogenated alkanes) is 2. The van der Waals surface area contributed by atoms with E-state index in [9.17, 15) is 33.2 Å². The molecule has 1 aromatic heterocycles. The molecule has 0 saturated carbocycles. The number of aromatic nitrogens is 2. The highest BCUT2D eigenvalue weighted by Crippen LogP contribution is 2.25. The number of esters is 2. The highest BCUT2D eigenvalue weighted by atomic mass is 35.5. The first-order chi connectivity index (χ1) is 24.4. The number of benzene rings is 2. The van der Waals surface area contributed by atoms with Crippen LogP contribution in [-0.2, 0) is 35.2 Å². The van der Waals surface area contributed by atoms with Gasteiger partial charge in [0.25, 0.3) is 5.56 Å². The number of ketones is 1. The minimum atomic E-state index is -1.56. The molecule has 0 aliphatic rings. The maximum absolute atomic E-state index is 13.7. The van der Waals surface area contributed by atoms with Crippen molar-refractivity contribution in [1.29, 1.82) is 0 Å². The lowest BCUT2D eigenvalue weighted by molar-refractivity contribution is -0.156. The Labute approximate surface area is 310 Å². The van der Waals surface area contributed by atoms with Crippen molar-refractivity contribution in [1.82, 2.24) is 19.8 Å². The molecule has 0 bridgehead atoms. The zero-order valence-corrected chi connectivity index (χ0v) is 31.1. The van der Waals surface area contributed by atoms with Crippen LogP contribution in [0.3, 0.4) is 0 Å². The van der Waals surface area contributed by atoms with E-state index in [1.165, 1.54) is 30.3 Å². The van der Waals surface area contributed by atoms with Crippen molar-refractivity contribution in [2.45, 2.75) is 71.1 Å². The van der Waals surface area contributed by atoms with Gasteiger partial charge in [0.15, 0.2) is 12.4 Å². The normalized spacial score (nSPS) is 11.9. The molecule has 52 heavy (non-hydrogen) atoms. The van der Waals surface area contributed by atoms with Crippen LogP contribution in [0.1, 0.15) is 63.2 Å². The van der Waals surface area contributed by atoms with Crippen LogP contribution in [0.4, 0.5) is 10.1 Å². The summed E-state index contributed by atoms with van der Waals surface area (Å²) in [7, 11) is 3.91. The van der Waals surface area contributed by atoms with Gasteiger partial charge >= 0.3 is 11.9 Å². The molecule has 16 heteroatoms. The molecular weight excluding hydrogens is 720 g/mol. The molecule has 13 nitrogen and oxygen atoms in total. The van der Waals surface area contributed by atoms with Crippen molar-refractivity contribution < 1.29 is 37.8 Å². The van der Waals surface area contributed by atoms with Gasteiger partial charge in [-0.2, -0.15) is 0 Å². The van der Waals surface area contributed by atoms with Gasteiger partial charge in [0, 0.05) is 12.0 Å². The van der Waals surface area contributed by atoms with Gasteiger partial charge in [0.05, 0.1) is 28.2 Å². The number of hydrogen-bond donors (Lipinski definition) is 2. The van der Waals surface area contributed by atoms with Crippen LogP contribution < -0.4 is 16.2 Å². The minimum Gasteiger partial charge on any atom is -0.460 e. The second kappa shape index (κ2) is 19.3. The van der Waals surface area contributed by atoms with E-state index in [1.54, 1.807) is 20.8 Å². The molecule has 0 fully saturated rings. The Morgan fingerprint density at radius 3 is 2.23 bits per heavy atom. The fraction of sp³-hybridized carbons (Fsp3) is 0.417. The Hall–Kier alpha value is -4.66. The van der Waals surface area contributed by atoms with E-state index in [1.807, 2.05) is 19.0 Å². The van der Waals surface area contributed by atoms with Gasteiger partial charge in [-0.15, -0.1) is 0 Å². The van der Waals surface area contributed by atoms with Gasteiger partial charge < -0.3 is 25.0 Å². The van der Waals surface area contributed by atoms with Crippen LogP contribution in [0.25, 0.3) is 11.4 Å². The van der Waals surface area contributed by atoms with Crippen LogP contribution in [-0.4, -0.2) is 82.9 Å². The summed E-state index contributed by atoms with van der Waals surface area (Å²) in [6, 6.07) is 7.75. The highest BCUT2D eigenvalue weighted by Gasteiger charge is 2.29. The van der Waals surface area contributed by atoms with Gasteiger partial charge in [-0.3, -0.25) is 28.5 Å². The molecule has 1 atom stereocenters. The molecule has 0 aliphatic carbocycles. The number of halogens is 3. The van der Waals surface area contributed by atoms with Crippen LogP contribution in [0.5, 0.6) is 0 Å². The summed E-state index contributed by atoms with van der Waals surface area (Å²) in [5.74, 6) is -4.67. The van der Waals surface area contributed by atoms with Gasteiger partial charge in [0.2, 0.25) is 11.8 Å². The Balaban J connectivity index is 1.86. The van der Waals surface area contributed by atoms with Crippen molar-refractivity contribution >= 4 is 58.4 Å². The number of nitrogens with one attached hydrogen (secondary N) is 2. The van der Waals surface area contributed by atoms with Gasteiger partial charge in [-0.1, -0.05) is 35.7 Å². The first kappa shape index (κ1) is 41.8. The number of amides is 2. The predicted octanol–water partition coefficient (Wildman–Crippen LogP) is 5.06. The highest BCUT2D eigenvalue weighted by molar-refractivity contribution is 6.39. The molecule has 2 amide bonds. The standard InChI is InChI=1S/C36H42Cl2FN5O8/c1-36(2,3)52-31(48)18-26(28(45)21-51-35(50)32-24(37)10-9-11-25(32)38)41-30(47)20-44-33(22-13-15-23(39)16-14-22)40-19-27(34(44)49)42-29(46)12-7-6-8-17-43(4)5/h9-11,13-16,19,26H,6-8,12,17-18,20-21H2,1-5H3,(H,41,47)(H,42,46)/t26-/m0/s1. The molecule has 0 spiro atoms. The van der Waals surface area contributed by atoms with Crippen molar-refractivity contribution in [2.24, 2.45) is 0 Å². The third-order valence-electron chi connectivity index (χ3n) is 7.26. The van der Waals surface area contributed by atoms with E-state index in [4.69, 9.17) is 32.7 Å². The van der Waals surface area contributed by atoms with E-state index in [0.717, 1.165) is 42.3 Å². The van der Waals surface area contributed by atoms with Gasteiger partial charge in [0.1, 0.15) is 35.5 Å². The van der Waals surface area contributed by atoms with E-state index in [0.29, 0.717) is 6.42 Å². The largest absolute Gasteiger partial charge is 0.460 e. The Kier molecular flexibility index (Phi) is 15.5. The number of hydrogen-bond acceptors (Lipinski definition) is 10. The van der Waals surface area contributed by atoms with E-state index in [2.05, 4.69) is 15.6 Å². The summed E-state index contributed by atoms with van der Waals surface area (Å²) < 4.78 is 25.2. The Morgan fingerprint density at radius 2 is 1.62 bits per heavy atom. The van der Waals surface area contributed by atoms with Crippen LogP contribution >= 0.6 is 23.2 Å². The van der Waals surface area contributed by atoms with Crippen molar-refractivity contribution in [3.8, 4) is 11.4 Å². The Bertz CT molecular complexity index is 1810. The molecule has 0 saturated heterocycles. The average molecular weight is 763 g/mol. The summed E-state index contributed by atoms with van der Waals surface area (Å²) in [6.07, 6.45) is 2.93. The molecule has 1 heterocycles. The number of carbonyl (C=O) groups is 5. The molecule has 2 aromatic carbocycles. The number of Topliss-reactive ketones (excluding diaryl/α,β-unsaturated/α-hetero) is 1. The second-order valence-corrected chi connectivity index (χ2v) is 13.9. The third-order valence-corrected chi connectivity index (χ3v) is 7.89. The zero-order valence-electron chi connectivity index (χ0n) is 29.6. The maximum Gasteiger partial charge on any atom is 0.341 e. The van der Waals surface area contributed by atoms with Crippen LogP contribution in [0.15, 0.2) is 53.5 Å². The molecule has 3 aromatic rings. The third kappa shape index (κ3) is 13.1. The zero-order chi connectivity index (χ0) is 38.6. The van der Waals surface area contributed by atoms with Crippen LogP contribution in [0, 0.1) is 5.82 Å². The molecule has 0 radical (unpaired) electrons. The summed E-state index contributed by atoms with van der Waals surface area (Å²) in [4.78, 5) is 85.1. The summed E-state index contributed by atoms with van der Waals surface area (Å²) >= 11 is 12.1. The van der Waals surface area contributed by atoms with E-state index >= 15 is 0 Å². The predicted molar refractivity (Wildman–Crippen MR) is 194 cm³/mol. The fourth-order valence-electron chi connectivity index (χ4n) is 4.84. The maximum atomic E-state index is 13.7. The second-order valence-electron chi connectivity index (χ2n) is 13.1. The first-order valence-electron chi connectivity index (χ1n) is 16.4. The molecule has 280 valence electrons. The SMILES string of the molecule is CN(C)CCCCCC(=O)Nc1cnc(-c2ccc(F)cc2)n(CC(=O)N[C@@H](CC(=O)OC(C)(C)C)C(=O)COC(=O)c2c(Cl)cccc2Cl)c1=O. The van der Waals surface area contributed by atoms with Crippen LogP contribution in [0.2, 0.25) is 10.0 Å². The number of rotatable bonds is 17. The number of ether oxygens (including phenoxy) is 2. The van der Waals surface area contributed by atoms with Gasteiger partial charge in [-0.05, 0) is 90.7 Å².